The molecule has 0 unspecified atom stereocenters. The van der Waals surface area contributed by atoms with Crippen LogP contribution < -0.4 is 10.1 Å². The van der Waals surface area contributed by atoms with E-state index in [9.17, 15) is 9.59 Å². The van der Waals surface area contributed by atoms with Gasteiger partial charge in [-0.2, -0.15) is 0 Å². The van der Waals surface area contributed by atoms with Crippen LogP contribution in [-0.2, 0) is 4.79 Å². The predicted octanol–water partition coefficient (Wildman–Crippen LogP) is 2.23. The number of methoxy groups -OCH3 is 1. The topological polar surface area (TPSA) is 88.8 Å². The maximum absolute atomic E-state index is 12.0. The summed E-state index contributed by atoms with van der Waals surface area (Å²) in [5.74, 6) is -0.665. The molecule has 0 saturated heterocycles. The van der Waals surface area contributed by atoms with Gasteiger partial charge in [-0.3, -0.25) is 9.59 Å². The first-order chi connectivity index (χ1) is 10.1. The molecule has 1 heterocycles. The minimum atomic E-state index is -1.00. The van der Waals surface area contributed by atoms with Crippen molar-refractivity contribution < 1.29 is 23.8 Å². The Morgan fingerprint density at radius 2 is 2.00 bits per heavy atom. The molecule has 110 valence electrons. The maximum atomic E-state index is 12.0. The van der Waals surface area contributed by atoms with Crippen LogP contribution >= 0.6 is 0 Å². The highest BCUT2D eigenvalue weighted by Gasteiger charge is 2.20. The van der Waals surface area contributed by atoms with Crippen molar-refractivity contribution >= 4 is 11.9 Å². The van der Waals surface area contributed by atoms with E-state index in [-0.39, 0.29) is 12.2 Å². The molecule has 2 N–H and O–H groups in total. The van der Waals surface area contributed by atoms with Crippen LogP contribution in [0.5, 0.6) is 5.75 Å². The summed E-state index contributed by atoms with van der Waals surface area (Å²) in [4.78, 5) is 22.9. The molecule has 1 aromatic carbocycles. The van der Waals surface area contributed by atoms with Crippen molar-refractivity contribution in [2.75, 3.05) is 7.11 Å². The molecule has 0 aliphatic rings. The second kappa shape index (κ2) is 6.60. The summed E-state index contributed by atoms with van der Waals surface area (Å²) in [6.45, 7) is 0. The Bertz CT molecular complexity index is 604. The average molecular weight is 289 g/mol. The number of carboxylic acids is 1. The number of ether oxygens (including phenoxy) is 1. The second-order valence-electron chi connectivity index (χ2n) is 4.37. The maximum Gasteiger partial charge on any atom is 0.305 e. The van der Waals surface area contributed by atoms with E-state index in [4.69, 9.17) is 14.3 Å². The third-order valence-electron chi connectivity index (χ3n) is 2.95. The van der Waals surface area contributed by atoms with Crippen molar-refractivity contribution in [3.63, 3.8) is 0 Å². The number of carbonyl (C=O) groups excluding carboxylic acids is 1. The molecule has 0 spiro atoms. The zero-order valence-corrected chi connectivity index (χ0v) is 11.4. The minimum absolute atomic E-state index is 0.138. The van der Waals surface area contributed by atoms with Gasteiger partial charge in [0, 0.05) is 0 Å². The highest BCUT2D eigenvalue weighted by Crippen LogP contribution is 2.21. The van der Waals surface area contributed by atoms with Crippen molar-refractivity contribution in [3.8, 4) is 5.75 Å². The standard InChI is InChI=1S/C15H15NO5/c1-20-11-6-4-10(5-7-11)12(9-14(17)18)16-15(19)13-3-2-8-21-13/h2-8,12H,9H2,1H3,(H,16,19)(H,17,18)/t12-/m1/s1. The summed E-state index contributed by atoms with van der Waals surface area (Å²) in [5.41, 5.74) is 0.679. The SMILES string of the molecule is COc1ccc([C@@H](CC(=O)O)NC(=O)c2ccco2)cc1. The summed E-state index contributed by atoms with van der Waals surface area (Å²) in [5, 5.41) is 11.6. The van der Waals surface area contributed by atoms with Gasteiger partial charge in [0.25, 0.3) is 5.91 Å². The summed E-state index contributed by atoms with van der Waals surface area (Å²) in [6, 6.07) is 9.32. The molecule has 0 saturated carbocycles. The molecule has 0 fully saturated rings. The van der Waals surface area contributed by atoms with E-state index in [0.29, 0.717) is 11.3 Å². The van der Waals surface area contributed by atoms with Crippen LogP contribution in [0.1, 0.15) is 28.6 Å². The molecule has 21 heavy (non-hydrogen) atoms. The minimum Gasteiger partial charge on any atom is -0.497 e. The normalized spacial score (nSPS) is 11.7. The molecule has 6 heteroatoms. The molecular formula is C15H15NO5. The molecule has 0 bridgehead atoms. The van der Waals surface area contributed by atoms with E-state index in [0.717, 1.165) is 0 Å². The third-order valence-corrected chi connectivity index (χ3v) is 2.95. The van der Waals surface area contributed by atoms with Gasteiger partial charge in [0.2, 0.25) is 0 Å². The van der Waals surface area contributed by atoms with Crippen LogP contribution in [0, 0.1) is 0 Å². The lowest BCUT2D eigenvalue weighted by molar-refractivity contribution is -0.137. The molecule has 0 radical (unpaired) electrons. The van der Waals surface area contributed by atoms with Gasteiger partial charge in [-0.05, 0) is 29.8 Å². The first kappa shape index (κ1) is 14.6. The Balaban J connectivity index is 2.17. The first-order valence-electron chi connectivity index (χ1n) is 6.30. The fraction of sp³-hybridized carbons (Fsp3) is 0.200. The van der Waals surface area contributed by atoms with Crippen molar-refractivity contribution in [1.29, 1.82) is 0 Å². The van der Waals surface area contributed by atoms with Gasteiger partial charge in [0.15, 0.2) is 5.76 Å². The molecule has 0 aliphatic heterocycles. The zero-order chi connectivity index (χ0) is 15.2. The van der Waals surface area contributed by atoms with Crippen molar-refractivity contribution in [2.45, 2.75) is 12.5 Å². The highest BCUT2D eigenvalue weighted by molar-refractivity contribution is 5.91. The lowest BCUT2D eigenvalue weighted by atomic mass is 10.0. The molecular weight excluding hydrogens is 274 g/mol. The van der Waals surface area contributed by atoms with Gasteiger partial charge in [0.1, 0.15) is 5.75 Å². The lowest BCUT2D eigenvalue weighted by Gasteiger charge is -2.17. The number of carbonyl (C=O) groups is 2. The molecule has 1 aromatic heterocycles. The summed E-state index contributed by atoms with van der Waals surface area (Å²) in [7, 11) is 1.54. The van der Waals surface area contributed by atoms with Gasteiger partial charge >= 0.3 is 5.97 Å². The molecule has 2 rings (SSSR count). The van der Waals surface area contributed by atoms with Crippen molar-refractivity contribution in [1.82, 2.24) is 5.32 Å². The zero-order valence-electron chi connectivity index (χ0n) is 11.4. The predicted molar refractivity (Wildman–Crippen MR) is 74.2 cm³/mol. The molecule has 1 atom stereocenters. The number of amides is 1. The van der Waals surface area contributed by atoms with Crippen molar-refractivity contribution in [2.24, 2.45) is 0 Å². The molecule has 1 amide bonds. The number of rotatable bonds is 6. The van der Waals surface area contributed by atoms with Crippen molar-refractivity contribution in [3.05, 3.63) is 54.0 Å². The van der Waals surface area contributed by atoms with E-state index >= 15 is 0 Å². The summed E-state index contributed by atoms with van der Waals surface area (Å²) in [6.07, 6.45) is 1.16. The van der Waals surface area contributed by atoms with Gasteiger partial charge in [-0.15, -0.1) is 0 Å². The Morgan fingerprint density at radius 3 is 2.52 bits per heavy atom. The quantitative estimate of drug-likeness (QED) is 0.851. The Labute approximate surface area is 121 Å². The number of hydrogen-bond donors (Lipinski definition) is 2. The molecule has 6 nitrogen and oxygen atoms in total. The van der Waals surface area contributed by atoms with Crippen LogP contribution in [0.25, 0.3) is 0 Å². The number of benzene rings is 1. The number of hydrogen-bond acceptors (Lipinski definition) is 4. The number of furan rings is 1. The monoisotopic (exact) mass is 289 g/mol. The average Bonchev–Trinajstić information content (AvgIpc) is 3.00. The number of nitrogens with one attached hydrogen (secondary N) is 1. The molecule has 0 aliphatic carbocycles. The Kier molecular flexibility index (Phi) is 4.61. The van der Waals surface area contributed by atoms with E-state index in [1.807, 2.05) is 0 Å². The number of aliphatic carboxylic acids is 1. The van der Waals surface area contributed by atoms with E-state index < -0.39 is 17.9 Å². The number of carboxylic acid groups (broad SMARTS) is 1. The second-order valence-corrected chi connectivity index (χ2v) is 4.37. The smallest absolute Gasteiger partial charge is 0.305 e. The van der Waals surface area contributed by atoms with E-state index in [1.165, 1.54) is 12.3 Å². The Hall–Kier alpha value is -2.76. The van der Waals surface area contributed by atoms with Crippen LogP contribution in [-0.4, -0.2) is 24.1 Å². The highest BCUT2D eigenvalue weighted by atomic mass is 16.5. The van der Waals surface area contributed by atoms with Gasteiger partial charge in [0.05, 0.1) is 25.8 Å². The molecule has 2 aromatic rings. The van der Waals surface area contributed by atoms with Gasteiger partial charge in [-0.25, -0.2) is 0 Å². The van der Waals surface area contributed by atoms with E-state index in [2.05, 4.69) is 5.32 Å². The largest absolute Gasteiger partial charge is 0.497 e. The summed E-state index contributed by atoms with van der Waals surface area (Å²) >= 11 is 0. The van der Waals surface area contributed by atoms with Gasteiger partial charge in [-0.1, -0.05) is 12.1 Å². The van der Waals surface area contributed by atoms with Crippen LogP contribution in [0.15, 0.2) is 47.1 Å². The van der Waals surface area contributed by atoms with Gasteiger partial charge < -0.3 is 19.6 Å². The lowest BCUT2D eigenvalue weighted by Crippen LogP contribution is -2.29. The van der Waals surface area contributed by atoms with Crippen LogP contribution in [0.4, 0.5) is 0 Å². The van der Waals surface area contributed by atoms with Crippen LogP contribution in [0.3, 0.4) is 0 Å². The Morgan fingerprint density at radius 1 is 1.29 bits per heavy atom. The van der Waals surface area contributed by atoms with Crippen LogP contribution in [0.2, 0.25) is 0 Å². The summed E-state index contributed by atoms with van der Waals surface area (Å²) < 4.78 is 10.0. The fourth-order valence-corrected chi connectivity index (χ4v) is 1.90. The van der Waals surface area contributed by atoms with E-state index in [1.54, 1.807) is 37.4 Å². The first-order valence-corrected chi connectivity index (χ1v) is 6.30. The fourth-order valence-electron chi connectivity index (χ4n) is 1.90. The third kappa shape index (κ3) is 3.85.